The van der Waals surface area contributed by atoms with Crippen LogP contribution < -0.4 is 10.5 Å². The van der Waals surface area contributed by atoms with Gasteiger partial charge in [-0.1, -0.05) is 36.4 Å². The van der Waals surface area contributed by atoms with Crippen molar-refractivity contribution in [1.29, 1.82) is 0 Å². The normalized spacial score (nSPS) is 15.5. The third-order valence-corrected chi connectivity index (χ3v) is 4.05. The molecular formula is C18H17NO2. The number of aryl methyl sites for hydroxylation is 1. The van der Waals surface area contributed by atoms with E-state index in [4.69, 9.17) is 14.9 Å². The predicted molar refractivity (Wildman–Crippen MR) is 82.5 cm³/mol. The maximum Gasteiger partial charge on any atom is 0.134 e. The molecule has 0 saturated carbocycles. The summed E-state index contributed by atoms with van der Waals surface area (Å²) in [6.45, 7) is 0.761. The van der Waals surface area contributed by atoms with Crippen molar-refractivity contribution in [2.45, 2.75) is 18.9 Å². The van der Waals surface area contributed by atoms with Gasteiger partial charge in [-0.2, -0.15) is 0 Å². The number of furan rings is 1. The van der Waals surface area contributed by atoms with Crippen molar-refractivity contribution in [2.24, 2.45) is 5.73 Å². The topological polar surface area (TPSA) is 48.4 Å². The summed E-state index contributed by atoms with van der Waals surface area (Å²) in [6.07, 6.45) is 2.12. The van der Waals surface area contributed by atoms with Gasteiger partial charge in [-0.05, 0) is 30.5 Å². The van der Waals surface area contributed by atoms with E-state index in [9.17, 15) is 0 Å². The van der Waals surface area contributed by atoms with Crippen molar-refractivity contribution < 1.29 is 9.15 Å². The first-order valence-corrected chi connectivity index (χ1v) is 7.31. The molecule has 0 spiro atoms. The molecule has 2 N–H and O–H groups in total. The fourth-order valence-corrected chi connectivity index (χ4v) is 2.97. The first-order chi connectivity index (χ1) is 10.3. The van der Waals surface area contributed by atoms with Crippen LogP contribution in [0, 0.1) is 0 Å². The number of nitrogens with two attached hydrogens (primary N) is 1. The first kappa shape index (κ1) is 12.5. The zero-order chi connectivity index (χ0) is 14.2. The lowest BCUT2D eigenvalue weighted by Gasteiger charge is -2.22. The number of fused-ring (bicyclic) bond motifs is 2. The van der Waals surface area contributed by atoms with E-state index in [0.717, 1.165) is 47.5 Å². The maximum absolute atomic E-state index is 6.43. The van der Waals surface area contributed by atoms with Crippen molar-refractivity contribution in [3.8, 4) is 5.75 Å². The van der Waals surface area contributed by atoms with Gasteiger partial charge in [0.1, 0.15) is 17.1 Å². The van der Waals surface area contributed by atoms with E-state index in [2.05, 4.69) is 6.07 Å². The molecule has 3 heteroatoms. The minimum atomic E-state index is -0.301. The van der Waals surface area contributed by atoms with Crippen molar-refractivity contribution in [3.05, 3.63) is 65.4 Å². The zero-order valence-corrected chi connectivity index (χ0v) is 11.7. The summed E-state index contributed by atoms with van der Waals surface area (Å²) in [4.78, 5) is 0. The average Bonchev–Trinajstić information content (AvgIpc) is 2.97. The van der Waals surface area contributed by atoms with E-state index in [1.807, 2.05) is 42.5 Å². The van der Waals surface area contributed by atoms with Crippen molar-refractivity contribution in [1.82, 2.24) is 0 Å². The fourth-order valence-electron chi connectivity index (χ4n) is 2.97. The van der Waals surface area contributed by atoms with Gasteiger partial charge >= 0.3 is 0 Å². The highest BCUT2D eigenvalue weighted by Crippen LogP contribution is 2.36. The van der Waals surface area contributed by atoms with Gasteiger partial charge in [-0.25, -0.2) is 0 Å². The second kappa shape index (κ2) is 4.93. The van der Waals surface area contributed by atoms with Gasteiger partial charge in [0.15, 0.2) is 0 Å². The third-order valence-electron chi connectivity index (χ3n) is 4.05. The van der Waals surface area contributed by atoms with Crippen LogP contribution >= 0.6 is 0 Å². The Morgan fingerprint density at radius 3 is 2.86 bits per heavy atom. The molecule has 0 aliphatic carbocycles. The molecule has 0 saturated heterocycles. The molecule has 21 heavy (non-hydrogen) atoms. The molecule has 0 amide bonds. The molecule has 4 rings (SSSR count). The molecule has 0 fully saturated rings. The standard InChI is InChI=1S/C18H17NO2/c19-17(16-11-13-5-1-2-9-15(13)21-16)14-8-3-6-12-7-4-10-20-18(12)14/h1-3,5-6,8-9,11,17H,4,7,10,19H2. The summed E-state index contributed by atoms with van der Waals surface area (Å²) in [6, 6.07) is 15.9. The molecule has 3 aromatic rings. The van der Waals surface area contributed by atoms with Crippen LogP contribution in [0.5, 0.6) is 5.75 Å². The molecule has 0 radical (unpaired) electrons. The number of ether oxygens (including phenoxy) is 1. The summed E-state index contributed by atoms with van der Waals surface area (Å²) in [5.74, 6) is 1.72. The molecule has 106 valence electrons. The number of hydrogen-bond acceptors (Lipinski definition) is 3. The number of para-hydroxylation sites is 2. The Kier molecular flexibility index (Phi) is 2.93. The quantitative estimate of drug-likeness (QED) is 0.776. The van der Waals surface area contributed by atoms with Gasteiger partial charge in [-0.3, -0.25) is 0 Å². The van der Waals surface area contributed by atoms with Crippen molar-refractivity contribution in [3.63, 3.8) is 0 Å². The lowest BCUT2D eigenvalue weighted by atomic mass is 9.97. The SMILES string of the molecule is NC(c1cc2ccccc2o1)c1cccc2c1OCCC2. The fraction of sp³-hybridized carbons (Fsp3) is 0.222. The molecule has 2 aromatic carbocycles. The monoisotopic (exact) mass is 279 g/mol. The molecule has 3 nitrogen and oxygen atoms in total. The second-order valence-electron chi connectivity index (χ2n) is 5.45. The molecule has 1 aliphatic heterocycles. The Balaban J connectivity index is 1.79. The highest BCUT2D eigenvalue weighted by atomic mass is 16.5. The van der Waals surface area contributed by atoms with Gasteiger partial charge in [0.2, 0.25) is 0 Å². The van der Waals surface area contributed by atoms with Gasteiger partial charge in [0, 0.05) is 10.9 Å². The van der Waals surface area contributed by atoms with Crippen LogP contribution in [0.15, 0.2) is 52.9 Å². The van der Waals surface area contributed by atoms with Crippen molar-refractivity contribution >= 4 is 11.0 Å². The predicted octanol–water partition coefficient (Wildman–Crippen LogP) is 3.81. The van der Waals surface area contributed by atoms with Gasteiger partial charge < -0.3 is 14.9 Å². The second-order valence-corrected chi connectivity index (χ2v) is 5.45. The first-order valence-electron chi connectivity index (χ1n) is 7.31. The largest absolute Gasteiger partial charge is 0.493 e. The van der Waals surface area contributed by atoms with Gasteiger partial charge in [0.05, 0.1) is 12.6 Å². The van der Waals surface area contributed by atoms with Gasteiger partial charge in [0.25, 0.3) is 0 Å². The van der Waals surface area contributed by atoms with Crippen LogP contribution in [0.1, 0.15) is 29.3 Å². The smallest absolute Gasteiger partial charge is 0.134 e. The Morgan fingerprint density at radius 2 is 1.95 bits per heavy atom. The van der Waals surface area contributed by atoms with Crippen LogP contribution in [0.25, 0.3) is 11.0 Å². The third kappa shape index (κ3) is 2.10. The van der Waals surface area contributed by atoms with E-state index in [0.29, 0.717) is 0 Å². The molecule has 1 unspecified atom stereocenters. The van der Waals surface area contributed by atoms with Crippen LogP contribution in [-0.2, 0) is 6.42 Å². The highest BCUT2D eigenvalue weighted by Gasteiger charge is 2.22. The Bertz CT molecular complexity index is 758. The van der Waals surface area contributed by atoms with E-state index < -0.39 is 0 Å². The maximum atomic E-state index is 6.43. The molecule has 1 atom stereocenters. The van der Waals surface area contributed by atoms with Crippen LogP contribution in [0.3, 0.4) is 0 Å². The number of benzene rings is 2. The Morgan fingerprint density at radius 1 is 1.05 bits per heavy atom. The van der Waals surface area contributed by atoms with Crippen LogP contribution in [-0.4, -0.2) is 6.61 Å². The summed E-state index contributed by atoms with van der Waals surface area (Å²) >= 11 is 0. The van der Waals surface area contributed by atoms with E-state index >= 15 is 0 Å². The van der Waals surface area contributed by atoms with Crippen molar-refractivity contribution in [2.75, 3.05) is 6.61 Å². The molecule has 0 bridgehead atoms. The molecule has 1 aromatic heterocycles. The number of hydrogen-bond donors (Lipinski definition) is 1. The molecular weight excluding hydrogens is 262 g/mol. The van der Waals surface area contributed by atoms with E-state index in [1.54, 1.807) is 0 Å². The number of rotatable bonds is 2. The minimum Gasteiger partial charge on any atom is -0.493 e. The van der Waals surface area contributed by atoms with Crippen LogP contribution in [0.4, 0.5) is 0 Å². The lowest BCUT2D eigenvalue weighted by Crippen LogP contribution is -2.16. The summed E-state index contributed by atoms with van der Waals surface area (Å²) in [7, 11) is 0. The van der Waals surface area contributed by atoms with Crippen LogP contribution in [0.2, 0.25) is 0 Å². The minimum absolute atomic E-state index is 0.301. The summed E-state index contributed by atoms with van der Waals surface area (Å²) < 4.78 is 11.7. The Labute approximate surface area is 123 Å². The Hall–Kier alpha value is -2.26. The molecule has 1 aliphatic rings. The van der Waals surface area contributed by atoms with Gasteiger partial charge in [-0.15, -0.1) is 0 Å². The summed E-state index contributed by atoms with van der Waals surface area (Å²) in [5.41, 5.74) is 9.55. The van der Waals surface area contributed by atoms with E-state index in [1.165, 1.54) is 5.56 Å². The summed E-state index contributed by atoms with van der Waals surface area (Å²) in [5, 5.41) is 1.08. The highest BCUT2D eigenvalue weighted by molar-refractivity contribution is 5.78. The van der Waals surface area contributed by atoms with E-state index in [-0.39, 0.29) is 6.04 Å². The zero-order valence-electron chi connectivity index (χ0n) is 11.7. The molecule has 2 heterocycles. The average molecular weight is 279 g/mol. The lowest BCUT2D eigenvalue weighted by molar-refractivity contribution is 0.283.